The molecule has 3 heteroatoms. The van der Waals surface area contributed by atoms with Crippen LogP contribution in [0.3, 0.4) is 0 Å². The van der Waals surface area contributed by atoms with Gasteiger partial charge < -0.3 is 5.32 Å². The van der Waals surface area contributed by atoms with Crippen LogP contribution in [-0.4, -0.2) is 24.0 Å². The van der Waals surface area contributed by atoms with Crippen molar-refractivity contribution in [3.8, 4) is 12.3 Å². The number of carbonyl (C=O) groups excluding carboxylic acids is 1. The van der Waals surface area contributed by atoms with Gasteiger partial charge in [-0.05, 0) is 26.7 Å². The van der Waals surface area contributed by atoms with Crippen molar-refractivity contribution in [3.05, 3.63) is 0 Å². The summed E-state index contributed by atoms with van der Waals surface area (Å²) in [6.45, 7) is 8.33. The Morgan fingerprint density at radius 1 is 1.47 bits per heavy atom. The van der Waals surface area contributed by atoms with Crippen molar-refractivity contribution in [2.24, 2.45) is 0 Å². The number of hydrogen-bond donors (Lipinski definition) is 2. The minimum Gasteiger partial charge on any atom is -0.350 e. The van der Waals surface area contributed by atoms with E-state index in [2.05, 4.69) is 16.6 Å². The zero-order valence-corrected chi connectivity index (χ0v) is 10.2. The molecule has 1 unspecified atom stereocenters. The second kappa shape index (κ2) is 6.47. The first-order valence-corrected chi connectivity index (χ1v) is 5.45. The quantitative estimate of drug-likeness (QED) is 0.649. The van der Waals surface area contributed by atoms with Crippen molar-refractivity contribution >= 4 is 5.91 Å². The summed E-state index contributed by atoms with van der Waals surface area (Å²) in [5, 5.41) is 5.96. The van der Waals surface area contributed by atoms with Gasteiger partial charge in [0.05, 0.1) is 12.6 Å². The van der Waals surface area contributed by atoms with Crippen LogP contribution in [0.2, 0.25) is 0 Å². The molecule has 0 aromatic heterocycles. The van der Waals surface area contributed by atoms with Crippen molar-refractivity contribution in [3.63, 3.8) is 0 Å². The molecule has 0 radical (unpaired) electrons. The number of terminal acetylenes is 1. The van der Waals surface area contributed by atoms with Crippen molar-refractivity contribution in [2.75, 3.05) is 6.54 Å². The minimum absolute atomic E-state index is 0.00412. The van der Waals surface area contributed by atoms with Gasteiger partial charge in [0, 0.05) is 5.54 Å². The lowest BCUT2D eigenvalue weighted by atomic mass is 10.0. The summed E-state index contributed by atoms with van der Waals surface area (Å²) >= 11 is 0. The van der Waals surface area contributed by atoms with Crippen molar-refractivity contribution in [1.82, 2.24) is 10.6 Å². The molecule has 3 nitrogen and oxygen atoms in total. The van der Waals surface area contributed by atoms with Gasteiger partial charge in [0.1, 0.15) is 0 Å². The van der Waals surface area contributed by atoms with E-state index in [0.717, 1.165) is 12.8 Å². The van der Waals surface area contributed by atoms with Gasteiger partial charge in [-0.2, -0.15) is 0 Å². The van der Waals surface area contributed by atoms with E-state index in [9.17, 15) is 4.79 Å². The molecule has 2 N–H and O–H groups in total. The molecule has 0 saturated heterocycles. The van der Waals surface area contributed by atoms with E-state index in [0.29, 0.717) is 0 Å². The summed E-state index contributed by atoms with van der Waals surface area (Å²) in [7, 11) is 0. The Morgan fingerprint density at radius 2 is 2.07 bits per heavy atom. The fraction of sp³-hybridized carbons (Fsp3) is 0.750. The summed E-state index contributed by atoms with van der Waals surface area (Å²) in [5.41, 5.74) is -0.142. The Hall–Kier alpha value is -1.01. The third-order valence-electron chi connectivity index (χ3n) is 2.48. The molecule has 0 rings (SSSR count). The van der Waals surface area contributed by atoms with Gasteiger partial charge in [0.25, 0.3) is 0 Å². The number of carbonyl (C=O) groups is 1. The predicted molar refractivity (Wildman–Crippen MR) is 63.4 cm³/mol. The van der Waals surface area contributed by atoms with E-state index < -0.39 is 0 Å². The van der Waals surface area contributed by atoms with Crippen LogP contribution in [0.15, 0.2) is 0 Å². The minimum atomic E-state index is -0.142. The number of nitrogens with one attached hydrogen (secondary N) is 2. The van der Waals surface area contributed by atoms with Crippen LogP contribution in [0.25, 0.3) is 0 Å². The summed E-state index contributed by atoms with van der Waals surface area (Å²) in [6.07, 6.45) is 7.02. The fourth-order valence-electron chi connectivity index (χ4n) is 1.05. The zero-order valence-electron chi connectivity index (χ0n) is 10.2. The summed E-state index contributed by atoms with van der Waals surface area (Å²) < 4.78 is 0. The van der Waals surface area contributed by atoms with Crippen molar-refractivity contribution in [1.29, 1.82) is 0 Å². The summed E-state index contributed by atoms with van der Waals surface area (Å²) in [5.74, 6) is 2.59. The highest BCUT2D eigenvalue weighted by molar-refractivity contribution is 5.78. The van der Waals surface area contributed by atoms with E-state index >= 15 is 0 Å². The first-order valence-electron chi connectivity index (χ1n) is 5.45. The first-order chi connectivity index (χ1) is 6.95. The molecular formula is C12H22N2O. The maximum absolute atomic E-state index is 11.5. The zero-order chi connectivity index (χ0) is 11.9. The van der Waals surface area contributed by atoms with Crippen LogP contribution >= 0.6 is 0 Å². The Bertz CT molecular complexity index is 240. The van der Waals surface area contributed by atoms with Gasteiger partial charge in [-0.15, -0.1) is 6.42 Å². The lowest BCUT2D eigenvalue weighted by Crippen LogP contribution is -2.47. The molecule has 1 amide bonds. The second-order valence-corrected chi connectivity index (χ2v) is 4.29. The lowest BCUT2D eigenvalue weighted by molar-refractivity contribution is -0.121. The second-order valence-electron chi connectivity index (χ2n) is 4.29. The van der Waals surface area contributed by atoms with Gasteiger partial charge in [-0.1, -0.05) is 19.8 Å². The van der Waals surface area contributed by atoms with Crippen LogP contribution < -0.4 is 10.6 Å². The van der Waals surface area contributed by atoms with Crippen LogP contribution in [0, 0.1) is 12.3 Å². The number of amides is 1. The first kappa shape index (κ1) is 14.0. The average molecular weight is 210 g/mol. The maximum Gasteiger partial charge on any atom is 0.234 e. The highest BCUT2D eigenvalue weighted by atomic mass is 16.2. The Balaban J connectivity index is 3.91. The fourth-order valence-corrected chi connectivity index (χ4v) is 1.05. The Morgan fingerprint density at radius 3 is 2.47 bits per heavy atom. The van der Waals surface area contributed by atoms with Crippen LogP contribution in [0.5, 0.6) is 0 Å². The molecule has 0 spiro atoms. The molecule has 15 heavy (non-hydrogen) atoms. The van der Waals surface area contributed by atoms with Gasteiger partial charge in [-0.3, -0.25) is 10.1 Å². The third kappa shape index (κ3) is 6.14. The third-order valence-corrected chi connectivity index (χ3v) is 2.48. The van der Waals surface area contributed by atoms with Gasteiger partial charge in [-0.25, -0.2) is 0 Å². The smallest absolute Gasteiger partial charge is 0.234 e. The molecular weight excluding hydrogens is 188 g/mol. The van der Waals surface area contributed by atoms with Crippen molar-refractivity contribution in [2.45, 2.75) is 52.1 Å². The highest BCUT2D eigenvalue weighted by Crippen LogP contribution is 2.05. The summed E-state index contributed by atoms with van der Waals surface area (Å²) in [6, 6.07) is -0.0134. The molecule has 0 aromatic rings. The van der Waals surface area contributed by atoms with Gasteiger partial charge in [0.15, 0.2) is 0 Å². The van der Waals surface area contributed by atoms with Crippen LogP contribution in [0.1, 0.15) is 40.5 Å². The molecule has 0 saturated carbocycles. The molecule has 0 aromatic carbocycles. The molecule has 0 bridgehead atoms. The van der Waals surface area contributed by atoms with Crippen LogP contribution in [-0.2, 0) is 4.79 Å². The van der Waals surface area contributed by atoms with E-state index in [1.807, 2.05) is 27.7 Å². The lowest BCUT2D eigenvalue weighted by Gasteiger charge is -2.24. The van der Waals surface area contributed by atoms with E-state index in [1.165, 1.54) is 0 Å². The molecule has 0 aliphatic carbocycles. The molecule has 0 aliphatic rings. The van der Waals surface area contributed by atoms with E-state index in [1.54, 1.807) is 0 Å². The van der Waals surface area contributed by atoms with Crippen molar-refractivity contribution < 1.29 is 4.79 Å². The number of hydrogen-bond acceptors (Lipinski definition) is 2. The predicted octanol–water partition coefficient (Wildman–Crippen LogP) is 1.29. The standard InChI is InChI=1S/C12H22N2O/c1-6-10(7-2)13-9-11(15)14-12(4,5)8-3/h1,10,13H,7-9H2,2-5H3,(H,14,15). The Kier molecular flexibility index (Phi) is 6.03. The number of rotatable bonds is 6. The molecule has 0 fully saturated rings. The molecule has 1 atom stereocenters. The molecule has 0 aliphatic heterocycles. The highest BCUT2D eigenvalue weighted by Gasteiger charge is 2.17. The van der Waals surface area contributed by atoms with Gasteiger partial charge in [0.2, 0.25) is 5.91 Å². The van der Waals surface area contributed by atoms with E-state index in [-0.39, 0.29) is 24.0 Å². The topological polar surface area (TPSA) is 41.1 Å². The molecule has 86 valence electrons. The largest absolute Gasteiger partial charge is 0.350 e. The van der Waals surface area contributed by atoms with Crippen LogP contribution in [0.4, 0.5) is 0 Å². The molecule has 0 heterocycles. The monoisotopic (exact) mass is 210 g/mol. The normalized spacial score (nSPS) is 13.0. The SMILES string of the molecule is C#CC(CC)NCC(=O)NC(C)(C)CC. The average Bonchev–Trinajstić information content (AvgIpc) is 2.19. The maximum atomic E-state index is 11.5. The summed E-state index contributed by atoms with van der Waals surface area (Å²) in [4.78, 5) is 11.5. The van der Waals surface area contributed by atoms with E-state index in [4.69, 9.17) is 6.42 Å². The van der Waals surface area contributed by atoms with Gasteiger partial charge >= 0.3 is 0 Å². The Labute approximate surface area is 93.0 Å².